The molecule has 1 fully saturated rings. The van der Waals surface area contributed by atoms with E-state index in [0.717, 1.165) is 83.5 Å². The lowest BCUT2D eigenvalue weighted by Crippen LogP contribution is -2.60. The highest BCUT2D eigenvalue weighted by atomic mass is 16.7. The molecule has 1 aliphatic heterocycles. The van der Waals surface area contributed by atoms with Crippen molar-refractivity contribution in [2.45, 2.75) is 371 Å². The first-order valence-corrected chi connectivity index (χ1v) is 35.8. The molecule has 1 aliphatic rings. The Hall–Kier alpha value is -2.63. The molecule has 9 nitrogen and oxygen atoms in total. The zero-order chi connectivity index (χ0) is 60.7. The van der Waals surface area contributed by atoms with Crippen LogP contribution in [0.4, 0.5) is 0 Å². The summed E-state index contributed by atoms with van der Waals surface area (Å²) in [7, 11) is 0. The smallest absolute Gasteiger partial charge is 0.220 e. The Morgan fingerprint density at radius 2 is 0.738 bits per heavy atom. The van der Waals surface area contributed by atoms with Gasteiger partial charge in [0.2, 0.25) is 5.91 Å². The Morgan fingerprint density at radius 1 is 0.417 bits per heavy atom. The molecule has 84 heavy (non-hydrogen) atoms. The minimum Gasteiger partial charge on any atom is -0.394 e. The Balaban J connectivity index is 2.14. The second kappa shape index (κ2) is 63.4. The zero-order valence-corrected chi connectivity index (χ0v) is 54.6. The summed E-state index contributed by atoms with van der Waals surface area (Å²) in [5.41, 5.74) is 0. The van der Waals surface area contributed by atoms with Gasteiger partial charge in [0.05, 0.1) is 25.4 Å². The van der Waals surface area contributed by atoms with Gasteiger partial charge in [0.25, 0.3) is 0 Å². The van der Waals surface area contributed by atoms with Gasteiger partial charge in [0.1, 0.15) is 24.4 Å². The first-order valence-electron chi connectivity index (χ1n) is 35.8. The molecule has 0 aliphatic carbocycles. The molecule has 1 rings (SSSR count). The van der Waals surface area contributed by atoms with Crippen LogP contribution in [0.5, 0.6) is 0 Å². The van der Waals surface area contributed by atoms with Gasteiger partial charge in [-0.2, -0.15) is 0 Å². The number of carbonyl (C=O) groups is 1. The minimum atomic E-state index is -1.57. The molecule has 0 aromatic carbocycles. The van der Waals surface area contributed by atoms with E-state index in [1.165, 1.54) is 225 Å². The highest BCUT2D eigenvalue weighted by Gasteiger charge is 2.44. The van der Waals surface area contributed by atoms with Gasteiger partial charge in [-0.25, -0.2) is 0 Å². The quantitative estimate of drug-likeness (QED) is 0.0261. The van der Waals surface area contributed by atoms with Crippen molar-refractivity contribution in [1.29, 1.82) is 0 Å². The summed E-state index contributed by atoms with van der Waals surface area (Å²) in [4.78, 5) is 13.1. The molecule has 1 amide bonds. The van der Waals surface area contributed by atoms with Crippen molar-refractivity contribution >= 4 is 5.91 Å². The third-order valence-electron chi connectivity index (χ3n) is 16.7. The average molecular weight is 1180 g/mol. The number of hydrogen-bond donors (Lipinski definition) is 6. The normalized spacial score (nSPS) is 18.7. The summed E-state index contributed by atoms with van der Waals surface area (Å²) in [6.45, 7) is 3.70. The largest absolute Gasteiger partial charge is 0.394 e. The van der Waals surface area contributed by atoms with Crippen molar-refractivity contribution in [3.63, 3.8) is 0 Å². The molecule has 9 heteroatoms. The fourth-order valence-electron chi connectivity index (χ4n) is 11.2. The number of aliphatic hydroxyl groups excluding tert-OH is 5. The van der Waals surface area contributed by atoms with E-state index < -0.39 is 49.5 Å². The standard InChI is InChI=1S/C75H135NO8/c1-3-5-7-9-11-13-15-17-19-21-23-25-27-29-31-33-34-35-37-38-40-42-44-46-48-50-52-54-56-58-60-62-64-69(78)68(67-83-75-74(82)73(81)72(80)70(66-77)84-75)76-71(79)65-63-61-59-57-55-53-51-49-47-45-43-41-39-36-32-30-28-26-24-22-20-18-16-14-12-10-8-6-4-2/h6,8,12,14,18,20,24,26,30,32,39,41,62,64,68-70,72-75,77-78,80-82H,3-5,7,9-11,13,15-17,19,21-23,25,27-29,31,33-38,40,42-61,63,65-67H2,1-2H3,(H,76,79)/b8-6-,14-12-,20-18-,26-24-,32-30-,41-39-,64-62+. The lowest BCUT2D eigenvalue weighted by atomic mass is 9.99. The van der Waals surface area contributed by atoms with Gasteiger partial charge >= 0.3 is 0 Å². The highest BCUT2D eigenvalue weighted by Crippen LogP contribution is 2.23. The van der Waals surface area contributed by atoms with Crippen molar-refractivity contribution in [2.75, 3.05) is 13.2 Å². The fourth-order valence-corrected chi connectivity index (χ4v) is 11.2. The van der Waals surface area contributed by atoms with Crippen LogP contribution in [0.1, 0.15) is 328 Å². The van der Waals surface area contributed by atoms with E-state index in [0.29, 0.717) is 6.42 Å². The predicted molar refractivity (Wildman–Crippen MR) is 359 cm³/mol. The molecule has 0 radical (unpaired) electrons. The van der Waals surface area contributed by atoms with Crippen molar-refractivity contribution in [3.8, 4) is 0 Å². The second-order valence-corrected chi connectivity index (χ2v) is 24.7. The Labute approximate surface area is 518 Å². The Kier molecular flexibility index (Phi) is 59.9. The minimum absolute atomic E-state index is 0.181. The van der Waals surface area contributed by atoms with Crippen molar-refractivity contribution in [2.24, 2.45) is 0 Å². The van der Waals surface area contributed by atoms with Crippen molar-refractivity contribution < 1.29 is 39.8 Å². The van der Waals surface area contributed by atoms with Crippen molar-refractivity contribution in [1.82, 2.24) is 5.32 Å². The summed E-state index contributed by atoms with van der Waals surface area (Å²) < 4.78 is 11.3. The average Bonchev–Trinajstić information content (AvgIpc) is 3.69. The number of rotatable bonds is 62. The van der Waals surface area contributed by atoms with Crippen LogP contribution in [0, 0.1) is 0 Å². The highest BCUT2D eigenvalue weighted by molar-refractivity contribution is 5.76. The van der Waals surface area contributed by atoms with E-state index >= 15 is 0 Å². The van der Waals surface area contributed by atoms with Gasteiger partial charge in [-0.15, -0.1) is 0 Å². The number of unbranched alkanes of at least 4 members (excludes halogenated alkanes) is 40. The molecule has 0 spiro atoms. The number of nitrogens with one attached hydrogen (secondary N) is 1. The van der Waals surface area contributed by atoms with Gasteiger partial charge in [-0.3, -0.25) is 4.79 Å². The third-order valence-corrected chi connectivity index (χ3v) is 16.7. The van der Waals surface area contributed by atoms with Crippen LogP contribution in [-0.2, 0) is 14.3 Å². The summed E-state index contributed by atoms with van der Waals surface area (Å²) in [5.74, 6) is -0.181. The van der Waals surface area contributed by atoms with Crippen LogP contribution < -0.4 is 5.32 Å². The number of hydrogen-bond acceptors (Lipinski definition) is 8. The van der Waals surface area contributed by atoms with Crippen LogP contribution in [0.3, 0.4) is 0 Å². The molecule has 0 bridgehead atoms. The maximum absolute atomic E-state index is 13.1. The van der Waals surface area contributed by atoms with Gasteiger partial charge < -0.3 is 40.3 Å². The van der Waals surface area contributed by atoms with E-state index in [2.05, 4.69) is 92.1 Å². The number of amides is 1. The van der Waals surface area contributed by atoms with E-state index in [1.54, 1.807) is 6.08 Å². The van der Waals surface area contributed by atoms with E-state index in [9.17, 15) is 30.3 Å². The van der Waals surface area contributed by atoms with E-state index in [-0.39, 0.29) is 12.5 Å². The summed E-state index contributed by atoms with van der Waals surface area (Å²) >= 11 is 0. The molecule has 7 atom stereocenters. The van der Waals surface area contributed by atoms with Gasteiger partial charge in [-0.05, 0) is 70.6 Å². The molecular weight excluding hydrogens is 1040 g/mol. The molecule has 0 aromatic heterocycles. The van der Waals surface area contributed by atoms with Gasteiger partial charge in [0, 0.05) is 6.42 Å². The number of allylic oxidation sites excluding steroid dienone is 13. The third kappa shape index (κ3) is 51.4. The molecule has 1 heterocycles. The molecule has 488 valence electrons. The summed E-state index contributed by atoms with van der Waals surface area (Å²) in [5, 5.41) is 54.8. The fraction of sp³-hybridized carbons (Fsp3) is 0.800. The van der Waals surface area contributed by atoms with E-state index in [4.69, 9.17) is 9.47 Å². The number of ether oxygens (including phenoxy) is 2. The molecule has 1 saturated heterocycles. The SMILES string of the molecule is CC/C=C\C/C=C\C/C=C\C/C=C\C/C=C\C/C=C\CCCCCCCCCCCCC(=O)NC(COC1OC(CO)C(O)C(O)C1O)C(O)/C=C/CCCCCCCCCCCCCCCCCCCCCCCCCCCCCCCC. The molecular formula is C75H135NO8. The van der Waals surface area contributed by atoms with Crippen LogP contribution in [0.25, 0.3) is 0 Å². The Bertz CT molecular complexity index is 1600. The van der Waals surface area contributed by atoms with Crippen LogP contribution in [0.2, 0.25) is 0 Å². The van der Waals surface area contributed by atoms with Crippen LogP contribution in [-0.4, -0.2) is 87.5 Å². The van der Waals surface area contributed by atoms with E-state index in [1.807, 2.05) is 6.08 Å². The lowest BCUT2D eigenvalue weighted by molar-refractivity contribution is -0.302. The van der Waals surface area contributed by atoms with Crippen LogP contribution in [0.15, 0.2) is 85.1 Å². The molecule has 0 saturated carbocycles. The molecule has 0 aromatic rings. The van der Waals surface area contributed by atoms with Crippen LogP contribution >= 0.6 is 0 Å². The molecule has 6 N–H and O–H groups in total. The molecule has 7 unspecified atom stereocenters. The zero-order valence-electron chi connectivity index (χ0n) is 54.6. The lowest BCUT2D eigenvalue weighted by Gasteiger charge is -2.40. The number of carbonyl (C=O) groups excluding carboxylic acids is 1. The van der Waals surface area contributed by atoms with Gasteiger partial charge in [0.15, 0.2) is 6.29 Å². The van der Waals surface area contributed by atoms with Crippen molar-refractivity contribution in [3.05, 3.63) is 85.1 Å². The first-order chi connectivity index (χ1) is 41.3. The Morgan fingerprint density at radius 3 is 1.10 bits per heavy atom. The maximum atomic E-state index is 13.1. The maximum Gasteiger partial charge on any atom is 0.220 e. The van der Waals surface area contributed by atoms with Gasteiger partial charge in [-0.1, -0.05) is 336 Å². The summed E-state index contributed by atoms with van der Waals surface area (Å²) in [6, 6.07) is -0.815. The predicted octanol–water partition coefficient (Wildman–Crippen LogP) is 19.7. The summed E-state index contributed by atoms with van der Waals surface area (Å²) in [6.07, 6.45) is 84.0. The second-order valence-electron chi connectivity index (χ2n) is 24.7. The monoisotopic (exact) mass is 1180 g/mol. The first kappa shape index (κ1) is 79.4. The number of aliphatic hydroxyl groups is 5. The topological polar surface area (TPSA) is 149 Å².